The Bertz CT molecular complexity index is 2310. The van der Waals surface area contributed by atoms with Crippen molar-refractivity contribution in [2.45, 2.75) is 207 Å². The van der Waals surface area contributed by atoms with Crippen LogP contribution in [0.5, 0.6) is 0 Å². The molecule has 0 nitrogen and oxygen atoms in total. The van der Waals surface area contributed by atoms with E-state index in [1.54, 1.807) is 0 Å². The molecule has 0 aromatic carbocycles. The molecule has 0 atom stereocenters. The van der Waals surface area contributed by atoms with E-state index in [0.717, 1.165) is 12.8 Å². The van der Waals surface area contributed by atoms with Crippen LogP contribution in [0.1, 0.15) is 253 Å². The largest absolute Gasteiger partial charge is 0.144 e. The van der Waals surface area contributed by atoms with E-state index in [-0.39, 0.29) is 0 Å². The van der Waals surface area contributed by atoms with Gasteiger partial charge in [0.25, 0.3) is 0 Å². The van der Waals surface area contributed by atoms with Gasteiger partial charge in [-0.2, -0.15) is 0 Å². The van der Waals surface area contributed by atoms with Crippen LogP contribution in [0.4, 0.5) is 0 Å². The minimum atomic E-state index is 1.16. The van der Waals surface area contributed by atoms with E-state index in [1.165, 1.54) is 238 Å². The summed E-state index contributed by atoms with van der Waals surface area (Å²) in [7, 11) is 0. The molecule has 0 radical (unpaired) electrons. The SMILES string of the molecule is CCCCCCCCc1cc(/C=C/c2cccs2)sc1/C=C/c1sc(/C=C/c2cc(CCCCCCCC)c(/C=C/c3sc(/C=C/c4cccs4)cc3CCCCCCCC)s2)cc1CCCCCCCC. The Hall–Kier alpha value is -3.10. The van der Waals surface area contributed by atoms with Crippen molar-refractivity contribution in [2.75, 3.05) is 0 Å². The zero-order valence-electron chi connectivity index (χ0n) is 44.8. The number of rotatable bonds is 38. The maximum atomic E-state index is 2.52. The van der Waals surface area contributed by atoms with E-state index in [1.807, 2.05) is 68.0 Å². The van der Waals surface area contributed by atoms with Gasteiger partial charge < -0.3 is 0 Å². The molecule has 6 heterocycles. The molecule has 388 valence electrons. The zero-order chi connectivity index (χ0) is 50.3. The van der Waals surface area contributed by atoms with E-state index in [0.29, 0.717) is 0 Å². The number of hydrogen-bond donors (Lipinski definition) is 0. The molecule has 6 aromatic heterocycles. The molecule has 0 unspecified atom stereocenters. The van der Waals surface area contributed by atoms with Gasteiger partial charge in [0.05, 0.1) is 0 Å². The summed E-state index contributed by atoms with van der Waals surface area (Å²) in [5.74, 6) is 0. The van der Waals surface area contributed by atoms with E-state index < -0.39 is 0 Å². The molecule has 6 heteroatoms. The number of unbranched alkanes of at least 4 members (excludes halogenated alkanes) is 20. The molecule has 0 saturated heterocycles. The molecule has 0 amide bonds. The van der Waals surface area contributed by atoms with Crippen LogP contribution in [0.25, 0.3) is 60.8 Å². The Morgan fingerprint density at radius 3 is 0.750 bits per heavy atom. The fourth-order valence-electron chi connectivity index (χ4n) is 9.48. The molecule has 0 N–H and O–H groups in total. The van der Waals surface area contributed by atoms with Gasteiger partial charge in [0.15, 0.2) is 0 Å². The van der Waals surface area contributed by atoms with Crippen LogP contribution < -0.4 is 0 Å². The summed E-state index contributed by atoms with van der Waals surface area (Å²) in [6, 6.07) is 18.7. The summed E-state index contributed by atoms with van der Waals surface area (Å²) in [4.78, 5) is 13.9. The highest BCUT2D eigenvalue weighted by molar-refractivity contribution is 7.16. The first kappa shape index (κ1) is 58.2. The van der Waals surface area contributed by atoms with Crippen molar-refractivity contribution >= 4 is 129 Å². The average molecular weight is 1070 g/mol. The second-order valence-electron chi connectivity index (χ2n) is 19.9. The average Bonchev–Trinajstić information content (AvgIpc) is 4.27. The minimum Gasteiger partial charge on any atom is -0.144 e. The van der Waals surface area contributed by atoms with Crippen LogP contribution in [0.15, 0.2) is 59.3 Å². The molecular formula is C66H88S6. The Morgan fingerprint density at radius 1 is 0.278 bits per heavy atom. The number of thiophene rings is 6. The van der Waals surface area contributed by atoms with Crippen molar-refractivity contribution in [1.82, 2.24) is 0 Å². The Balaban J connectivity index is 1.24. The summed E-state index contributed by atoms with van der Waals surface area (Å²) in [6.07, 6.45) is 60.6. The maximum absolute atomic E-state index is 2.52. The highest BCUT2D eigenvalue weighted by atomic mass is 32.1. The van der Waals surface area contributed by atoms with Crippen LogP contribution in [0.3, 0.4) is 0 Å². The molecule has 72 heavy (non-hydrogen) atoms. The van der Waals surface area contributed by atoms with Crippen molar-refractivity contribution in [3.63, 3.8) is 0 Å². The Morgan fingerprint density at radius 2 is 0.514 bits per heavy atom. The molecule has 0 bridgehead atoms. The Kier molecular flexibility index (Phi) is 28.4. The van der Waals surface area contributed by atoms with E-state index >= 15 is 0 Å². The van der Waals surface area contributed by atoms with E-state index in [2.05, 4.69) is 148 Å². The molecule has 0 saturated carbocycles. The third kappa shape index (κ3) is 21.6. The molecular weight excluding hydrogens is 985 g/mol. The van der Waals surface area contributed by atoms with Gasteiger partial charge >= 0.3 is 0 Å². The van der Waals surface area contributed by atoms with Crippen LogP contribution in [0, 0.1) is 0 Å². The predicted octanol–water partition coefficient (Wildman–Crippen LogP) is 24.5. The van der Waals surface area contributed by atoms with Crippen LogP contribution in [-0.2, 0) is 25.7 Å². The first-order valence-corrected chi connectivity index (χ1v) is 33.6. The molecule has 6 rings (SSSR count). The highest BCUT2D eigenvalue weighted by Gasteiger charge is 2.12. The maximum Gasteiger partial charge on any atom is 0.0309 e. The lowest BCUT2D eigenvalue weighted by atomic mass is 10.0. The van der Waals surface area contributed by atoms with Crippen molar-refractivity contribution < 1.29 is 0 Å². The van der Waals surface area contributed by atoms with Crippen LogP contribution in [0.2, 0.25) is 0 Å². The van der Waals surface area contributed by atoms with Gasteiger partial charge in [-0.05, 0) is 182 Å². The highest BCUT2D eigenvalue weighted by Crippen LogP contribution is 2.35. The van der Waals surface area contributed by atoms with Crippen molar-refractivity contribution in [3.8, 4) is 0 Å². The smallest absolute Gasteiger partial charge is 0.0309 e. The van der Waals surface area contributed by atoms with Crippen molar-refractivity contribution in [3.05, 3.63) is 130 Å². The van der Waals surface area contributed by atoms with Gasteiger partial charge in [0, 0.05) is 48.8 Å². The van der Waals surface area contributed by atoms with Gasteiger partial charge in [-0.3, -0.25) is 0 Å². The van der Waals surface area contributed by atoms with Crippen LogP contribution >= 0.6 is 68.0 Å². The third-order valence-corrected chi connectivity index (χ3v) is 19.8. The molecule has 0 aliphatic rings. The summed E-state index contributed by atoms with van der Waals surface area (Å²) in [5.41, 5.74) is 6.08. The molecule has 0 aliphatic carbocycles. The van der Waals surface area contributed by atoms with Gasteiger partial charge in [-0.1, -0.05) is 168 Å². The van der Waals surface area contributed by atoms with Crippen LogP contribution in [-0.4, -0.2) is 0 Å². The lowest BCUT2D eigenvalue weighted by Crippen LogP contribution is -1.87. The molecule has 0 spiro atoms. The standard InChI is InChI=1S/C66H88S6/c1-5-9-13-17-21-25-31-53-49-59(39-37-57-35-29-47-67-57)69-63(53)43-45-65-55(33-27-23-19-15-11-7-3)51-61(71-65)41-42-62-52-56(34-28-24-20-16-12-8-4)66(72-62)46-44-64-54(32-26-22-18-14-10-6-2)50-60(70-64)40-38-58-36-30-48-68-58/h29-30,35-52H,5-28,31-34H2,1-4H3/b39-37+,40-38+,42-41+,45-43+,46-44+. The topological polar surface area (TPSA) is 0 Å². The monoisotopic (exact) mass is 1070 g/mol. The van der Waals surface area contributed by atoms with Crippen molar-refractivity contribution in [1.29, 1.82) is 0 Å². The third-order valence-electron chi connectivity index (χ3n) is 13.7. The second kappa shape index (κ2) is 35.2. The lowest BCUT2D eigenvalue weighted by Gasteiger charge is -2.03. The molecule has 0 aliphatic heterocycles. The predicted molar refractivity (Wildman–Crippen MR) is 339 cm³/mol. The fourth-order valence-corrected chi connectivity index (χ4v) is 14.8. The molecule has 6 aromatic rings. The fraction of sp³-hybridized carbons (Fsp3) is 0.485. The molecule has 0 fully saturated rings. The lowest BCUT2D eigenvalue weighted by molar-refractivity contribution is 0.607. The summed E-state index contributed by atoms with van der Waals surface area (Å²) < 4.78 is 0. The summed E-state index contributed by atoms with van der Waals surface area (Å²) in [6.45, 7) is 9.26. The first-order chi connectivity index (χ1) is 35.5. The van der Waals surface area contributed by atoms with E-state index in [9.17, 15) is 0 Å². The van der Waals surface area contributed by atoms with Gasteiger partial charge in [0.2, 0.25) is 0 Å². The minimum absolute atomic E-state index is 1.16. The first-order valence-electron chi connectivity index (χ1n) is 28.5. The Labute approximate surface area is 462 Å². The van der Waals surface area contributed by atoms with Gasteiger partial charge in [-0.15, -0.1) is 68.0 Å². The summed E-state index contributed by atoms with van der Waals surface area (Å²) in [5, 5.41) is 4.34. The normalized spacial score (nSPS) is 12.3. The summed E-state index contributed by atoms with van der Waals surface area (Å²) >= 11 is 11.5. The quantitative estimate of drug-likeness (QED) is 0.0339. The zero-order valence-corrected chi connectivity index (χ0v) is 49.7. The number of aryl methyl sites for hydroxylation is 4. The number of hydrogen-bond acceptors (Lipinski definition) is 6. The van der Waals surface area contributed by atoms with Gasteiger partial charge in [-0.25, -0.2) is 0 Å². The van der Waals surface area contributed by atoms with Crippen molar-refractivity contribution in [2.24, 2.45) is 0 Å². The van der Waals surface area contributed by atoms with Gasteiger partial charge in [0.1, 0.15) is 0 Å². The second-order valence-corrected chi connectivity index (χ2v) is 26.3. The van der Waals surface area contributed by atoms with E-state index in [4.69, 9.17) is 0 Å².